The highest BCUT2D eigenvalue weighted by molar-refractivity contribution is 7.11. The van der Waals surface area contributed by atoms with Crippen LogP contribution in [0, 0.1) is 6.92 Å². The van der Waals surface area contributed by atoms with Crippen LogP contribution in [0.2, 0.25) is 0 Å². The van der Waals surface area contributed by atoms with Crippen LogP contribution in [0.4, 0.5) is 0 Å². The summed E-state index contributed by atoms with van der Waals surface area (Å²) in [5, 5.41) is 4.88. The number of aromatic nitrogens is 1. The van der Waals surface area contributed by atoms with Gasteiger partial charge in [-0.05, 0) is 33.2 Å². The third-order valence-electron chi connectivity index (χ3n) is 3.55. The molecule has 0 radical (unpaired) electrons. The highest BCUT2D eigenvalue weighted by Crippen LogP contribution is 2.25. The summed E-state index contributed by atoms with van der Waals surface area (Å²) in [7, 11) is 0. The molecule has 1 aliphatic rings. The lowest BCUT2D eigenvalue weighted by atomic mass is 10.2. The Morgan fingerprint density at radius 1 is 1.65 bits per heavy atom. The van der Waals surface area contributed by atoms with E-state index in [2.05, 4.69) is 36.0 Å². The van der Waals surface area contributed by atoms with Crippen molar-refractivity contribution >= 4 is 11.3 Å². The molecule has 0 amide bonds. The second kappa shape index (κ2) is 5.94. The largest absolute Gasteiger partial charge is 0.313 e. The lowest BCUT2D eigenvalue weighted by molar-refractivity contribution is 0.205. The van der Waals surface area contributed by atoms with Gasteiger partial charge in [-0.25, -0.2) is 4.98 Å². The Morgan fingerprint density at radius 3 is 3.12 bits per heavy atom. The number of rotatable bonds is 3. The third kappa shape index (κ3) is 3.27. The maximum atomic E-state index is 4.53. The molecular weight excluding hydrogens is 230 g/mol. The lowest BCUT2D eigenvalue weighted by Gasteiger charge is -2.28. The van der Waals surface area contributed by atoms with Gasteiger partial charge in [-0.15, -0.1) is 11.3 Å². The second-order valence-corrected chi connectivity index (χ2v) is 6.16. The van der Waals surface area contributed by atoms with Crippen molar-refractivity contribution < 1.29 is 0 Å². The van der Waals surface area contributed by atoms with E-state index in [1.807, 2.05) is 17.5 Å². The Kier molecular flexibility index (Phi) is 4.54. The predicted molar refractivity (Wildman–Crippen MR) is 73.5 cm³/mol. The molecule has 4 heteroatoms. The van der Waals surface area contributed by atoms with Crippen molar-refractivity contribution in [1.82, 2.24) is 15.2 Å². The first-order chi connectivity index (χ1) is 8.20. The lowest BCUT2D eigenvalue weighted by Crippen LogP contribution is -2.38. The molecule has 0 saturated carbocycles. The summed E-state index contributed by atoms with van der Waals surface area (Å²) in [5.74, 6) is 0. The Labute approximate surface area is 108 Å². The maximum Gasteiger partial charge on any atom is 0.110 e. The molecule has 2 heterocycles. The van der Waals surface area contributed by atoms with Crippen molar-refractivity contribution in [1.29, 1.82) is 0 Å². The molecule has 1 aliphatic heterocycles. The molecule has 1 aromatic heterocycles. The summed E-state index contributed by atoms with van der Waals surface area (Å²) in [5.41, 5.74) is 0. The number of hydrogen-bond acceptors (Lipinski definition) is 4. The standard InChI is InChI=1S/C13H23N3S/c1-4-12-9-16(7-5-6-14-12)11(3)13-15-8-10(2)17-13/h8,11-12,14H,4-7,9H2,1-3H3. The van der Waals surface area contributed by atoms with E-state index >= 15 is 0 Å². The molecule has 1 N–H and O–H groups in total. The molecule has 2 atom stereocenters. The number of aryl methyl sites for hydroxylation is 1. The van der Waals surface area contributed by atoms with E-state index in [0.29, 0.717) is 12.1 Å². The van der Waals surface area contributed by atoms with Crippen LogP contribution in [-0.2, 0) is 0 Å². The minimum Gasteiger partial charge on any atom is -0.313 e. The molecule has 1 aromatic rings. The van der Waals surface area contributed by atoms with Crippen molar-refractivity contribution in [3.63, 3.8) is 0 Å². The monoisotopic (exact) mass is 253 g/mol. The second-order valence-electron chi connectivity index (χ2n) is 4.89. The SMILES string of the molecule is CCC1CN(C(C)c2ncc(C)s2)CCCN1. The van der Waals surface area contributed by atoms with E-state index in [-0.39, 0.29) is 0 Å². The highest BCUT2D eigenvalue weighted by atomic mass is 32.1. The van der Waals surface area contributed by atoms with Crippen molar-refractivity contribution in [3.05, 3.63) is 16.1 Å². The molecule has 1 fully saturated rings. The van der Waals surface area contributed by atoms with Gasteiger partial charge < -0.3 is 5.32 Å². The van der Waals surface area contributed by atoms with E-state index in [9.17, 15) is 0 Å². The Hall–Kier alpha value is -0.450. The minimum absolute atomic E-state index is 0.461. The quantitative estimate of drug-likeness (QED) is 0.897. The third-order valence-corrected chi connectivity index (χ3v) is 4.63. The molecule has 3 nitrogen and oxygen atoms in total. The molecule has 1 saturated heterocycles. The topological polar surface area (TPSA) is 28.2 Å². The van der Waals surface area contributed by atoms with Crippen molar-refractivity contribution in [2.75, 3.05) is 19.6 Å². The zero-order valence-electron chi connectivity index (χ0n) is 11.1. The van der Waals surface area contributed by atoms with Gasteiger partial charge in [0.05, 0.1) is 6.04 Å². The summed E-state index contributed by atoms with van der Waals surface area (Å²) in [6.45, 7) is 10.2. The van der Waals surface area contributed by atoms with E-state index in [1.165, 1.54) is 29.3 Å². The number of nitrogens with zero attached hydrogens (tertiary/aromatic N) is 2. The van der Waals surface area contributed by atoms with Crippen LogP contribution in [0.1, 0.15) is 42.6 Å². The zero-order chi connectivity index (χ0) is 12.3. The molecular formula is C13H23N3S. The van der Waals surface area contributed by atoms with Gasteiger partial charge in [-0.3, -0.25) is 4.90 Å². The minimum atomic E-state index is 0.461. The van der Waals surface area contributed by atoms with Crippen LogP contribution in [0.3, 0.4) is 0 Å². The summed E-state index contributed by atoms with van der Waals surface area (Å²) < 4.78 is 0. The van der Waals surface area contributed by atoms with Gasteiger partial charge in [0.25, 0.3) is 0 Å². The van der Waals surface area contributed by atoms with Gasteiger partial charge in [0.15, 0.2) is 0 Å². The van der Waals surface area contributed by atoms with Gasteiger partial charge in [0.1, 0.15) is 5.01 Å². The summed E-state index contributed by atoms with van der Waals surface area (Å²) >= 11 is 1.83. The van der Waals surface area contributed by atoms with Crippen molar-refractivity contribution in [2.45, 2.75) is 45.7 Å². The van der Waals surface area contributed by atoms with Crippen LogP contribution in [-0.4, -0.2) is 35.6 Å². The van der Waals surface area contributed by atoms with Gasteiger partial charge in [-0.2, -0.15) is 0 Å². The Balaban J connectivity index is 2.04. The van der Waals surface area contributed by atoms with Gasteiger partial charge in [0, 0.05) is 30.2 Å². The summed E-state index contributed by atoms with van der Waals surface area (Å²) in [6, 6.07) is 1.10. The first kappa shape index (κ1) is 13.0. The molecule has 2 rings (SSSR count). The van der Waals surface area contributed by atoms with E-state index in [0.717, 1.165) is 13.1 Å². The molecule has 0 spiro atoms. The molecule has 0 aromatic carbocycles. The van der Waals surface area contributed by atoms with Crippen LogP contribution < -0.4 is 5.32 Å². The Morgan fingerprint density at radius 2 is 2.47 bits per heavy atom. The number of thiazole rings is 1. The molecule has 17 heavy (non-hydrogen) atoms. The van der Waals surface area contributed by atoms with Crippen LogP contribution in [0.5, 0.6) is 0 Å². The van der Waals surface area contributed by atoms with Gasteiger partial charge in [0.2, 0.25) is 0 Å². The van der Waals surface area contributed by atoms with Gasteiger partial charge >= 0.3 is 0 Å². The summed E-state index contributed by atoms with van der Waals surface area (Å²) in [4.78, 5) is 8.42. The fourth-order valence-corrected chi connectivity index (χ4v) is 3.23. The van der Waals surface area contributed by atoms with Crippen LogP contribution in [0.15, 0.2) is 6.20 Å². The van der Waals surface area contributed by atoms with Crippen molar-refractivity contribution in [3.8, 4) is 0 Å². The van der Waals surface area contributed by atoms with Crippen molar-refractivity contribution in [2.24, 2.45) is 0 Å². The Bertz CT molecular complexity index is 350. The normalized spacial score (nSPS) is 24.5. The highest BCUT2D eigenvalue weighted by Gasteiger charge is 2.23. The van der Waals surface area contributed by atoms with E-state index in [4.69, 9.17) is 0 Å². The first-order valence-electron chi connectivity index (χ1n) is 6.60. The molecule has 2 unspecified atom stereocenters. The number of hydrogen-bond donors (Lipinski definition) is 1. The average molecular weight is 253 g/mol. The molecule has 0 bridgehead atoms. The maximum absolute atomic E-state index is 4.53. The van der Waals surface area contributed by atoms with E-state index in [1.54, 1.807) is 0 Å². The van der Waals surface area contributed by atoms with Crippen LogP contribution in [0.25, 0.3) is 0 Å². The fourth-order valence-electron chi connectivity index (χ4n) is 2.37. The predicted octanol–water partition coefficient (Wildman–Crippen LogP) is 2.59. The average Bonchev–Trinajstić information content (AvgIpc) is 2.64. The summed E-state index contributed by atoms with van der Waals surface area (Å²) in [6.07, 6.45) is 4.44. The smallest absolute Gasteiger partial charge is 0.110 e. The molecule has 96 valence electrons. The zero-order valence-corrected chi connectivity index (χ0v) is 11.9. The van der Waals surface area contributed by atoms with Crippen LogP contribution >= 0.6 is 11.3 Å². The van der Waals surface area contributed by atoms with Gasteiger partial charge in [-0.1, -0.05) is 6.92 Å². The molecule has 0 aliphatic carbocycles. The fraction of sp³-hybridized carbons (Fsp3) is 0.769. The first-order valence-corrected chi connectivity index (χ1v) is 7.42. The van der Waals surface area contributed by atoms with E-state index < -0.39 is 0 Å². The number of nitrogens with one attached hydrogen (secondary N) is 1.